The number of anilines is 1. The highest BCUT2D eigenvalue weighted by Gasteiger charge is 2.29. The largest absolute Gasteiger partial charge is 0.507 e. The number of phenolic OH excluding ortho intramolecular Hbond substituents is 1. The highest BCUT2D eigenvalue weighted by molar-refractivity contribution is 5.91. The molecule has 7 nitrogen and oxygen atoms in total. The van der Waals surface area contributed by atoms with E-state index in [0.717, 1.165) is 0 Å². The third-order valence-corrected chi connectivity index (χ3v) is 4.79. The minimum Gasteiger partial charge on any atom is -0.507 e. The Balaban J connectivity index is 1.92. The second kappa shape index (κ2) is 9.74. The molecular weight excluding hydrogens is 384 g/mol. The van der Waals surface area contributed by atoms with Crippen molar-refractivity contribution in [1.29, 1.82) is 5.26 Å². The summed E-state index contributed by atoms with van der Waals surface area (Å²) < 4.78 is 11.2. The van der Waals surface area contributed by atoms with E-state index in [9.17, 15) is 15.0 Å². The van der Waals surface area contributed by atoms with Crippen molar-refractivity contribution in [2.24, 2.45) is 0 Å². The van der Waals surface area contributed by atoms with Crippen molar-refractivity contribution in [1.82, 2.24) is 0 Å². The number of aliphatic hydroxyl groups excluding tert-OH is 1. The van der Waals surface area contributed by atoms with Crippen molar-refractivity contribution >= 4 is 22.6 Å². The van der Waals surface area contributed by atoms with E-state index >= 15 is 0 Å². The number of nitrogens with zero attached hydrogens (tertiary/aromatic N) is 1. The molecule has 7 heteroatoms. The molecule has 0 aromatic heterocycles. The van der Waals surface area contributed by atoms with Gasteiger partial charge in [-0.1, -0.05) is 30.3 Å². The van der Waals surface area contributed by atoms with Crippen LogP contribution >= 0.6 is 0 Å². The van der Waals surface area contributed by atoms with Gasteiger partial charge in [0, 0.05) is 36.8 Å². The van der Waals surface area contributed by atoms with Gasteiger partial charge in [-0.25, -0.2) is 4.79 Å². The summed E-state index contributed by atoms with van der Waals surface area (Å²) in [7, 11) is 1.48. The zero-order valence-corrected chi connectivity index (χ0v) is 16.4. The van der Waals surface area contributed by atoms with E-state index in [-0.39, 0.29) is 18.8 Å². The van der Waals surface area contributed by atoms with E-state index in [0.29, 0.717) is 27.6 Å². The summed E-state index contributed by atoms with van der Waals surface area (Å²) in [6, 6.07) is 18.8. The highest BCUT2D eigenvalue weighted by atomic mass is 16.6. The van der Waals surface area contributed by atoms with Crippen molar-refractivity contribution in [3.8, 4) is 11.8 Å². The Morgan fingerprint density at radius 1 is 1.10 bits per heavy atom. The van der Waals surface area contributed by atoms with Crippen LogP contribution < -0.4 is 5.32 Å². The average Bonchev–Trinajstić information content (AvgIpc) is 2.77. The van der Waals surface area contributed by atoms with Gasteiger partial charge in [0.25, 0.3) is 0 Å². The number of amides is 1. The fourth-order valence-corrected chi connectivity index (χ4v) is 3.31. The number of rotatable bonds is 7. The van der Waals surface area contributed by atoms with Gasteiger partial charge in [0.2, 0.25) is 0 Å². The zero-order valence-electron chi connectivity index (χ0n) is 16.4. The van der Waals surface area contributed by atoms with Crippen LogP contribution in [0.5, 0.6) is 5.75 Å². The molecule has 0 unspecified atom stereocenters. The number of fused-ring (bicyclic) bond motifs is 1. The highest BCUT2D eigenvalue weighted by Crippen LogP contribution is 2.35. The second-order valence-corrected chi connectivity index (χ2v) is 6.65. The Kier molecular flexibility index (Phi) is 6.86. The maximum Gasteiger partial charge on any atom is 0.412 e. The van der Waals surface area contributed by atoms with Gasteiger partial charge in [-0.05, 0) is 35.7 Å². The Bertz CT molecular complexity index is 1060. The first-order valence-electron chi connectivity index (χ1n) is 9.39. The summed E-state index contributed by atoms with van der Waals surface area (Å²) in [6.07, 6.45) is -1.89. The van der Waals surface area contributed by atoms with Crippen LogP contribution in [0.25, 0.3) is 10.8 Å². The van der Waals surface area contributed by atoms with Crippen molar-refractivity contribution < 1.29 is 24.5 Å². The Morgan fingerprint density at radius 3 is 2.43 bits per heavy atom. The Hall–Kier alpha value is -3.60. The average molecular weight is 406 g/mol. The van der Waals surface area contributed by atoms with Crippen LogP contribution in [0.1, 0.15) is 23.7 Å². The molecule has 0 aliphatic heterocycles. The molecule has 3 aromatic rings. The third kappa shape index (κ3) is 4.69. The molecule has 154 valence electrons. The van der Waals surface area contributed by atoms with Crippen LogP contribution in [0.4, 0.5) is 10.5 Å². The van der Waals surface area contributed by atoms with Crippen molar-refractivity contribution in [2.75, 3.05) is 19.0 Å². The number of methoxy groups -OCH3 is 1. The fraction of sp³-hybridized carbons (Fsp3) is 0.217. The molecule has 0 aliphatic carbocycles. The van der Waals surface area contributed by atoms with Gasteiger partial charge in [-0.15, -0.1) is 0 Å². The van der Waals surface area contributed by atoms with Gasteiger partial charge >= 0.3 is 6.09 Å². The fourth-order valence-electron chi connectivity index (χ4n) is 3.31. The van der Waals surface area contributed by atoms with Gasteiger partial charge in [-0.3, -0.25) is 5.32 Å². The number of aliphatic hydroxyl groups is 1. The van der Waals surface area contributed by atoms with E-state index in [1.54, 1.807) is 42.5 Å². The molecule has 0 aliphatic rings. The van der Waals surface area contributed by atoms with E-state index < -0.39 is 18.3 Å². The molecule has 0 saturated carbocycles. The molecule has 3 rings (SSSR count). The lowest BCUT2D eigenvalue weighted by Gasteiger charge is -2.27. The van der Waals surface area contributed by atoms with E-state index in [1.807, 2.05) is 18.2 Å². The molecule has 2 atom stereocenters. The van der Waals surface area contributed by atoms with E-state index in [1.165, 1.54) is 13.2 Å². The molecule has 0 saturated heterocycles. The molecule has 3 aromatic carbocycles. The summed E-state index contributed by atoms with van der Waals surface area (Å²) in [5, 5.41) is 32.5. The van der Waals surface area contributed by atoms with Crippen molar-refractivity contribution in [3.63, 3.8) is 0 Å². The quantitative estimate of drug-likeness (QED) is 0.545. The van der Waals surface area contributed by atoms with Gasteiger partial charge in [0.1, 0.15) is 11.9 Å². The number of hydrogen-bond donors (Lipinski definition) is 3. The summed E-state index contributed by atoms with van der Waals surface area (Å²) in [5.41, 5.74) is 1.60. The standard InChI is InChI=1S/C23H22N2O5/c1-29-21(12-13-26)22(19-10-11-20(27)18-5-3-2-4-17(18)19)30-23(28)25-16-8-6-15(14-24)7-9-16/h2-11,21-22,26-27H,12-13H2,1H3,(H,25,28)/t21-,22-/m1/s1. The third-order valence-electron chi connectivity index (χ3n) is 4.79. The molecule has 0 bridgehead atoms. The lowest BCUT2D eigenvalue weighted by molar-refractivity contribution is -0.0299. The number of aromatic hydroxyl groups is 1. The van der Waals surface area contributed by atoms with Crippen LogP contribution in [0.2, 0.25) is 0 Å². The van der Waals surface area contributed by atoms with Gasteiger partial charge in [-0.2, -0.15) is 5.26 Å². The second-order valence-electron chi connectivity index (χ2n) is 6.65. The lowest BCUT2D eigenvalue weighted by atomic mass is 9.95. The molecule has 0 fully saturated rings. The predicted molar refractivity (Wildman–Crippen MR) is 112 cm³/mol. The maximum absolute atomic E-state index is 12.6. The smallest absolute Gasteiger partial charge is 0.412 e. The number of nitrogens with one attached hydrogen (secondary N) is 1. The molecule has 30 heavy (non-hydrogen) atoms. The maximum atomic E-state index is 12.6. The molecule has 3 N–H and O–H groups in total. The SMILES string of the molecule is CO[C@H](CCO)[C@H](OC(=O)Nc1ccc(C#N)cc1)c1ccc(O)c2ccccc12. The number of benzene rings is 3. The monoisotopic (exact) mass is 406 g/mol. The zero-order chi connectivity index (χ0) is 21.5. The number of ether oxygens (including phenoxy) is 2. The Labute approximate surface area is 174 Å². The van der Waals surface area contributed by atoms with Gasteiger partial charge < -0.3 is 19.7 Å². The first-order valence-corrected chi connectivity index (χ1v) is 9.39. The number of nitriles is 1. The molecular formula is C23H22N2O5. The van der Waals surface area contributed by atoms with Crippen LogP contribution in [-0.4, -0.2) is 36.1 Å². The van der Waals surface area contributed by atoms with Gasteiger partial charge in [0.15, 0.2) is 6.10 Å². The minimum atomic E-state index is -0.828. The normalized spacial score (nSPS) is 12.7. The topological polar surface area (TPSA) is 112 Å². The molecule has 1 amide bonds. The molecule has 0 heterocycles. The lowest BCUT2D eigenvalue weighted by Crippen LogP contribution is -2.29. The van der Waals surface area contributed by atoms with Crippen molar-refractivity contribution in [2.45, 2.75) is 18.6 Å². The number of hydrogen-bond acceptors (Lipinski definition) is 6. The van der Waals surface area contributed by atoms with Crippen LogP contribution in [0, 0.1) is 11.3 Å². The number of phenols is 1. The summed E-state index contributed by atoms with van der Waals surface area (Å²) >= 11 is 0. The predicted octanol–water partition coefficient (Wildman–Crippen LogP) is 4.10. The molecule has 0 spiro atoms. The summed E-state index contributed by atoms with van der Waals surface area (Å²) in [4.78, 5) is 12.6. The van der Waals surface area contributed by atoms with Crippen LogP contribution in [0.15, 0.2) is 60.7 Å². The Morgan fingerprint density at radius 2 is 1.80 bits per heavy atom. The number of carbonyl (C=O) groups excluding carboxylic acids is 1. The first-order chi connectivity index (χ1) is 14.6. The molecule has 0 radical (unpaired) electrons. The summed E-state index contributed by atoms with van der Waals surface area (Å²) in [5.74, 6) is 0.117. The van der Waals surface area contributed by atoms with Crippen LogP contribution in [0.3, 0.4) is 0 Å². The summed E-state index contributed by atoms with van der Waals surface area (Å²) in [6.45, 7) is -0.147. The minimum absolute atomic E-state index is 0.117. The van der Waals surface area contributed by atoms with Gasteiger partial charge in [0.05, 0.1) is 11.6 Å². The van der Waals surface area contributed by atoms with E-state index in [4.69, 9.17) is 14.7 Å². The van der Waals surface area contributed by atoms with Crippen LogP contribution in [-0.2, 0) is 9.47 Å². The van der Waals surface area contributed by atoms with E-state index in [2.05, 4.69) is 5.32 Å². The first kappa shape index (κ1) is 21.1. The number of carbonyl (C=O) groups is 1. The van der Waals surface area contributed by atoms with Crippen molar-refractivity contribution in [3.05, 3.63) is 71.8 Å².